The van der Waals surface area contributed by atoms with Gasteiger partial charge in [-0.3, -0.25) is 4.98 Å². The molecule has 0 aliphatic heterocycles. The Morgan fingerprint density at radius 1 is 1.31 bits per heavy atom. The molecule has 0 unspecified atom stereocenters. The van der Waals surface area contributed by atoms with Crippen molar-refractivity contribution >= 4 is 11.6 Å². The zero-order chi connectivity index (χ0) is 11.4. The van der Waals surface area contributed by atoms with Crippen molar-refractivity contribution in [2.45, 2.75) is 13.5 Å². The Morgan fingerprint density at radius 3 is 2.88 bits per heavy atom. The molecule has 0 radical (unpaired) electrons. The lowest BCUT2D eigenvalue weighted by atomic mass is 10.3. The van der Waals surface area contributed by atoms with Crippen molar-refractivity contribution in [2.24, 2.45) is 0 Å². The molecule has 16 heavy (non-hydrogen) atoms. The fourth-order valence-corrected chi connectivity index (χ4v) is 1.47. The SMILES string of the molecule is CCNCc1cnc(-c2ccc(Cl)cn2)[nH]1. The van der Waals surface area contributed by atoms with Gasteiger partial charge in [0, 0.05) is 18.4 Å². The summed E-state index contributed by atoms with van der Waals surface area (Å²) < 4.78 is 0. The number of rotatable bonds is 4. The van der Waals surface area contributed by atoms with Gasteiger partial charge >= 0.3 is 0 Å². The maximum absolute atomic E-state index is 5.77. The number of pyridine rings is 1. The lowest BCUT2D eigenvalue weighted by molar-refractivity contribution is 0.714. The van der Waals surface area contributed by atoms with Crippen LogP contribution < -0.4 is 5.32 Å². The molecule has 0 aliphatic rings. The molecule has 84 valence electrons. The van der Waals surface area contributed by atoms with Crippen LogP contribution in [0.25, 0.3) is 11.5 Å². The van der Waals surface area contributed by atoms with Crippen molar-refractivity contribution in [1.29, 1.82) is 0 Å². The molecule has 2 aromatic rings. The number of hydrogen-bond acceptors (Lipinski definition) is 3. The minimum Gasteiger partial charge on any atom is -0.339 e. The number of aromatic nitrogens is 3. The lowest BCUT2D eigenvalue weighted by Gasteiger charge is -1.97. The molecule has 0 spiro atoms. The van der Waals surface area contributed by atoms with E-state index in [0.29, 0.717) is 5.02 Å². The van der Waals surface area contributed by atoms with Crippen LogP contribution in [0.15, 0.2) is 24.5 Å². The third-order valence-electron chi connectivity index (χ3n) is 2.16. The number of halogens is 1. The van der Waals surface area contributed by atoms with Gasteiger partial charge in [0.25, 0.3) is 0 Å². The van der Waals surface area contributed by atoms with Gasteiger partial charge in [-0.05, 0) is 18.7 Å². The Morgan fingerprint density at radius 2 is 2.19 bits per heavy atom. The van der Waals surface area contributed by atoms with E-state index in [4.69, 9.17) is 11.6 Å². The largest absolute Gasteiger partial charge is 0.339 e. The molecule has 5 heteroatoms. The van der Waals surface area contributed by atoms with Crippen LogP contribution in [0.4, 0.5) is 0 Å². The first-order valence-corrected chi connectivity index (χ1v) is 5.54. The van der Waals surface area contributed by atoms with E-state index in [-0.39, 0.29) is 0 Å². The summed E-state index contributed by atoms with van der Waals surface area (Å²) in [5, 5.41) is 3.85. The van der Waals surface area contributed by atoms with Gasteiger partial charge in [0.1, 0.15) is 5.69 Å². The van der Waals surface area contributed by atoms with Crippen LogP contribution in [-0.4, -0.2) is 21.5 Å². The number of aromatic amines is 1. The molecule has 4 nitrogen and oxygen atoms in total. The second-order valence-electron chi connectivity index (χ2n) is 3.40. The van der Waals surface area contributed by atoms with Gasteiger partial charge < -0.3 is 10.3 Å². The van der Waals surface area contributed by atoms with Gasteiger partial charge in [0.05, 0.1) is 11.2 Å². The summed E-state index contributed by atoms with van der Waals surface area (Å²) in [6, 6.07) is 3.65. The highest BCUT2D eigenvalue weighted by molar-refractivity contribution is 6.30. The Labute approximate surface area is 99.1 Å². The molecular formula is C11H13ClN4. The minimum absolute atomic E-state index is 0.628. The average molecular weight is 237 g/mol. The molecule has 2 rings (SSSR count). The molecule has 2 N–H and O–H groups in total. The van der Waals surface area contributed by atoms with Gasteiger partial charge in [0.2, 0.25) is 0 Å². The van der Waals surface area contributed by atoms with Crippen LogP contribution in [0, 0.1) is 0 Å². The summed E-state index contributed by atoms with van der Waals surface area (Å²) in [6.07, 6.45) is 3.43. The van der Waals surface area contributed by atoms with Crippen molar-refractivity contribution < 1.29 is 0 Å². The molecule has 0 atom stereocenters. The van der Waals surface area contributed by atoms with Crippen molar-refractivity contribution in [3.05, 3.63) is 35.2 Å². The standard InChI is InChI=1S/C11H13ClN4/c1-2-13-6-9-7-15-11(16-9)10-4-3-8(12)5-14-10/h3-5,7,13H,2,6H2,1H3,(H,15,16). The van der Waals surface area contributed by atoms with Crippen LogP contribution in [0.5, 0.6) is 0 Å². The Bertz CT molecular complexity index is 449. The quantitative estimate of drug-likeness (QED) is 0.856. The summed E-state index contributed by atoms with van der Waals surface area (Å²) in [6.45, 7) is 3.79. The second-order valence-corrected chi connectivity index (χ2v) is 3.84. The van der Waals surface area contributed by atoms with Crippen LogP contribution in [0.3, 0.4) is 0 Å². The van der Waals surface area contributed by atoms with Gasteiger partial charge in [-0.2, -0.15) is 0 Å². The molecule has 0 fully saturated rings. The molecule has 0 saturated carbocycles. The summed E-state index contributed by atoms with van der Waals surface area (Å²) in [5.74, 6) is 0.768. The van der Waals surface area contributed by atoms with Crippen molar-refractivity contribution in [3.8, 4) is 11.5 Å². The molecule has 2 heterocycles. The predicted molar refractivity (Wildman–Crippen MR) is 64.2 cm³/mol. The van der Waals surface area contributed by atoms with Gasteiger partial charge in [-0.15, -0.1) is 0 Å². The fourth-order valence-electron chi connectivity index (χ4n) is 1.35. The normalized spacial score (nSPS) is 10.6. The molecule has 2 aromatic heterocycles. The van der Waals surface area contributed by atoms with Gasteiger partial charge in [-0.25, -0.2) is 4.98 Å². The highest BCUT2D eigenvalue weighted by atomic mass is 35.5. The van der Waals surface area contributed by atoms with E-state index in [1.54, 1.807) is 12.3 Å². The third-order valence-corrected chi connectivity index (χ3v) is 2.39. The number of nitrogens with one attached hydrogen (secondary N) is 2. The molecule has 0 aliphatic carbocycles. The predicted octanol–water partition coefficient (Wildman–Crippen LogP) is 2.23. The zero-order valence-electron chi connectivity index (χ0n) is 9.00. The van der Waals surface area contributed by atoms with Crippen LogP contribution in [0.2, 0.25) is 5.02 Å². The second kappa shape index (κ2) is 5.09. The molecule has 0 saturated heterocycles. The topological polar surface area (TPSA) is 53.6 Å². The van der Waals surface area contributed by atoms with E-state index >= 15 is 0 Å². The summed E-state index contributed by atoms with van der Waals surface area (Å²) in [4.78, 5) is 11.7. The van der Waals surface area contributed by atoms with E-state index in [1.807, 2.05) is 12.3 Å². The Balaban J connectivity index is 2.15. The lowest BCUT2D eigenvalue weighted by Crippen LogP contribution is -2.11. The first-order chi connectivity index (χ1) is 7.79. The maximum atomic E-state index is 5.77. The van der Waals surface area contributed by atoms with Gasteiger partial charge in [0.15, 0.2) is 5.82 Å². The van der Waals surface area contributed by atoms with E-state index in [0.717, 1.165) is 30.3 Å². The molecule has 0 amide bonds. The molecule has 0 aromatic carbocycles. The first kappa shape index (κ1) is 11.1. The summed E-state index contributed by atoms with van der Waals surface area (Å²) in [7, 11) is 0. The Kier molecular flexibility index (Phi) is 3.54. The number of hydrogen-bond donors (Lipinski definition) is 2. The molecular weight excluding hydrogens is 224 g/mol. The number of imidazole rings is 1. The van der Waals surface area contributed by atoms with E-state index in [2.05, 4.69) is 27.2 Å². The van der Waals surface area contributed by atoms with Gasteiger partial charge in [-0.1, -0.05) is 18.5 Å². The van der Waals surface area contributed by atoms with Crippen LogP contribution in [-0.2, 0) is 6.54 Å². The first-order valence-electron chi connectivity index (χ1n) is 5.16. The summed E-state index contributed by atoms with van der Waals surface area (Å²) >= 11 is 5.77. The number of H-pyrrole nitrogens is 1. The maximum Gasteiger partial charge on any atom is 0.156 e. The van der Waals surface area contributed by atoms with Crippen molar-refractivity contribution in [2.75, 3.05) is 6.54 Å². The average Bonchev–Trinajstić information content (AvgIpc) is 2.76. The van der Waals surface area contributed by atoms with Crippen LogP contribution in [0.1, 0.15) is 12.6 Å². The van der Waals surface area contributed by atoms with Crippen molar-refractivity contribution in [3.63, 3.8) is 0 Å². The Hall–Kier alpha value is -1.39. The minimum atomic E-state index is 0.628. The highest BCUT2D eigenvalue weighted by Crippen LogP contribution is 2.15. The highest BCUT2D eigenvalue weighted by Gasteiger charge is 2.04. The monoisotopic (exact) mass is 236 g/mol. The van der Waals surface area contributed by atoms with E-state index < -0.39 is 0 Å². The smallest absolute Gasteiger partial charge is 0.156 e. The van der Waals surface area contributed by atoms with E-state index in [9.17, 15) is 0 Å². The van der Waals surface area contributed by atoms with Crippen molar-refractivity contribution in [1.82, 2.24) is 20.3 Å². The molecule has 0 bridgehead atoms. The van der Waals surface area contributed by atoms with E-state index in [1.165, 1.54) is 0 Å². The zero-order valence-corrected chi connectivity index (χ0v) is 9.75. The summed E-state index contributed by atoms with van der Waals surface area (Å²) in [5.41, 5.74) is 1.85. The van der Waals surface area contributed by atoms with Crippen LogP contribution >= 0.6 is 11.6 Å². The fraction of sp³-hybridized carbons (Fsp3) is 0.273. The third kappa shape index (κ3) is 2.59. The number of nitrogens with zero attached hydrogens (tertiary/aromatic N) is 2.